The van der Waals surface area contributed by atoms with Gasteiger partial charge in [-0.15, -0.1) is 11.3 Å². The van der Waals surface area contributed by atoms with Gasteiger partial charge in [0.05, 0.1) is 33.1 Å². The van der Waals surface area contributed by atoms with Crippen molar-refractivity contribution in [3.63, 3.8) is 0 Å². The Hall–Kier alpha value is -2.97. The molecule has 3 aromatic rings. The average Bonchev–Trinajstić information content (AvgIpc) is 3.24. The highest BCUT2D eigenvalue weighted by atomic mass is 32.1. The van der Waals surface area contributed by atoms with Crippen LogP contribution in [-0.4, -0.2) is 43.2 Å². The summed E-state index contributed by atoms with van der Waals surface area (Å²) in [4.78, 5) is 33.3. The Labute approximate surface area is 192 Å². The first-order valence-electron chi connectivity index (χ1n) is 10.8. The van der Waals surface area contributed by atoms with Gasteiger partial charge in [0.25, 0.3) is 0 Å². The largest absolute Gasteiger partial charge is 0.419 e. The molecule has 1 aliphatic rings. The lowest BCUT2D eigenvalue weighted by Gasteiger charge is -2.40. The summed E-state index contributed by atoms with van der Waals surface area (Å²) < 4.78 is 6.72. The zero-order valence-electron chi connectivity index (χ0n) is 18.8. The van der Waals surface area contributed by atoms with Crippen molar-refractivity contribution >= 4 is 44.9 Å². The minimum atomic E-state index is -0.455. The molecule has 1 aliphatic heterocycles. The van der Waals surface area contributed by atoms with Gasteiger partial charge >= 0.3 is 6.09 Å². The van der Waals surface area contributed by atoms with Gasteiger partial charge in [-0.25, -0.2) is 9.78 Å². The number of thiazole rings is 1. The van der Waals surface area contributed by atoms with E-state index < -0.39 is 6.09 Å². The summed E-state index contributed by atoms with van der Waals surface area (Å²) in [5.41, 5.74) is 5.21. The molecule has 2 unspecified atom stereocenters. The van der Waals surface area contributed by atoms with E-state index in [1.165, 1.54) is 11.3 Å². The van der Waals surface area contributed by atoms with Crippen LogP contribution in [0.2, 0.25) is 0 Å². The van der Waals surface area contributed by atoms with Crippen molar-refractivity contribution in [1.82, 2.24) is 10.3 Å². The average molecular weight is 453 g/mol. The highest BCUT2D eigenvalue weighted by Crippen LogP contribution is 2.39. The van der Waals surface area contributed by atoms with Gasteiger partial charge in [-0.3, -0.25) is 9.69 Å². The molecule has 2 heterocycles. The Morgan fingerprint density at radius 3 is 2.78 bits per heavy atom. The number of hydrogen-bond acceptors (Lipinski definition) is 6. The number of aromatic nitrogens is 1. The number of fused-ring (bicyclic) bond motifs is 2. The molecule has 0 saturated heterocycles. The number of ether oxygens (including phenoxy) is 1. The minimum Gasteiger partial charge on any atom is -0.410 e. The lowest BCUT2D eigenvalue weighted by molar-refractivity contribution is -0.117. The van der Waals surface area contributed by atoms with E-state index in [1.54, 1.807) is 28.3 Å². The van der Waals surface area contributed by atoms with Crippen molar-refractivity contribution in [2.75, 3.05) is 29.9 Å². The minimum absolute atomic E-state index is 0.0440. The van der Waals surface area contributed by atoms with Crippen LogP contribution in [0.25, 0.3) is 10.2 Å². The zero-order chi connectivity index (χ0) is 22.8. The quantitative estimate of drug-likeness (QED) is 0.604. The Balaban J connectivity index is 1.70. The Morgan fingerprint density at radius 2 is 2.06 bits per heavy atom. The van der Waals surface area contributed by atoms with E-state index >= 15 is 0 Å². The van der Waals surface area contributed by atoms with Crippen LogP contribution in [0.5, 0.6) is 5.75 Å². The molecule has 4 rings (SSSR count). The van der Waals surface area contributed by atoms with Gasteiger partial charge in [0.2, 0.25) is 5.91 Å². The van der Waals surface area contributed by atoms with E-state index in [2.05, 4.69) is 23.3 Å². The van der Waals surface area contributed by atoms with Gasteiger partial charge in [0, 0.05) is 26.1 Å². The molecule has 0 bridgehead atoms. The summed E-state index contributed by atoms with van der Waals surface area (Å²) in [5.74, 6) is 0.743. The first kappa shape index (κ1) is 22.2. The number of amides is 2. The van der Waals surface area contributed by atoms with Crippen molar-refractivity contribution in [2.45, 2.75) is 39.2 Å². The molecule has 0 radical (unpaired) electrons. The van der Waals surface area contributed by atoms with Crippen molar-refractivity contribution in [1.29, 1.82) is 0 Å². The maximum Gasteiger partial charge on any atom is 0.419 e. The summed E-state index contributed by atoms with van der Waals surface area (Å²) in [6, 6.07) is 11.3. The molecular formula is C24H28N4O3S. The SMILES string of the molecule is CCC(CNC)c1ccc2c(c1)N(C(=O)Oc1ccc3ncsc3c1)CC(C)N2C(C)=O. The number of carbonyl (C=O) groups is 2. The fourth-order valence-electron chi connectivity index (χ4n) is 4.35. The molecule has 0 aliphatic carbocycles. The third-order valence-corrected chi connectivity index (χ3v) is 6.71. The maximum atomic E-state index is 13.3. The predicted molar refractivity (Wildman–Crippen MR) is 129 cm³/mol. The smallest absolute Gasteiger partial charge is 0.410 e. The second-order valence-electron chi connectivity index (χ2n) is 8.11. The first-order chi connectivity index (χ1) is 15.4. The summed E-state index contributed by atoms with van der Waals surface area (Å²) >= 11 is 1.50. The highest BCUT2D eigenvalue weighted by Gasteiger charge is 2.35. The van der Waals surface area contributed by atoms with E-state index in [-0.39, 0.29) is 11.9 Å². The molecule has 8 heteroatoms. The van der Waals surface area contributed by atoms with Gasteiger partial charge in [-0.2, -0.15) is 0 Å². The van der Waals surface area contributed by atoms with E-state index in [9.17, 15) is 9.59 Å². The fraction of sp³-hybridized carbons (Fsp3) is 0.375. The topological polar surface area (TPSA) is 74.8 Å². The standard InChI is InChI=1S/C24H28N4O3S/c1-5-17(12-25-4)18-6-9-21-22(10-18)27(13-15(2)28(21)16(3)29)24(30)31-19-7-8-20-23(11-19)32-14-26-20/h6-11,14-15,17,25H,5,12-13H2,1-4H3. The molecule has 0 saturated carbocycles. The molecule has 168 valence electrons. The molecule has 2 atom stereocenters. The molecule has 7 nitrogen and oxygen atoms in total. The number of carbonyl (C=O) groups excluding carboxylic acids is 2. The molecule has 1 aromatic heterocycles. The van der Waals surface area contributed by atoms with E-state index in [4.69, 9.17) is 4.74 Å². The van der Waals surface area contributed by atoms with Crippen LogP contribution >= 0.6 is 11.3 Å². The lowest BCUT2D eigenvalue weighted by Crippen LogP contribution is -2.52. The fourth-order valence-corrected chi connectivity index (χ4v) is 5.05. The van der Waals surface area contributed by atoms with Crippen LogP contribution in [-0.2, 0) is 4.79 Å². The molecule has 0 fully saturated rings. The summed E-state index contributed by atoms with van der Waals surface area (Å²) in [6.45, 7) is 6.84. The number of nitrogens with zero attached hydrogens (tertiary/aromatic N) is 3. The van der Waals surface area contributed by atoms with Crippen LogP contribution in [0.4, 0.5) is 16.2 Å². The van der Waals surface area contributed by atoms with Crippen molar-refractivity contribution in [3.05, 3.63) is 47.5 Å². The molecular weight excluding hydrogens is 424 g/mol. The molecule has 2 amide bonds. The lowest BCUT2D eigenvalue weighted by atomic mass is 9.94. The van der Waals surface area contributed by atoms with Gasteiger partial charge in [0.15, 0.2) is 0 Å². The van der Waals surface area contributed by atoms with Crippen molar-refractivity contribution < 1.29 is 14.3 Å². The Bertz CT molecular complexity index is 1150. The molecule has 0 spiro atoms. The Kier molecular flexibility index (Phi) is 6.43. The second kappa shape index (κ2) is 9.26. The van der Waals surface area contributed by atoms with E-state index in [0.29, 0.717) is 23.9 Å². The van der Waals surface area contributed by atoms with E-state index in [0.717, 1.165) is 34.4 Å². The van der Waals surface area contributed by atoms with E-state index in [1.807, 2.05) is 38.2 Å². The van der Waals surface area contributed by atoms with Crippen LogP contribution in [0, 0.1) is 0 Å². The monoisotopic (exact) mass is 452 g/mol. The number of likely N-dealkylation sites (N-methyl/N-ethyl adjacent to an activating group) is 1. The van der Waals surface area contributed by atoms with Gasteiger partial charge in [-0.05, 0) is 56.1 Å². The van der Waals surface area contributed by atoms with Crippen LogP contribution in [0.3, 0.4) is 0 Å². The maximum absolute atomic E-state index is 13.3. The number of hydrogen-bond donors (Lipinski definition) is 1. The highest BCUT2D eigenvalue weighted by molar-refractivity contribution is 7.16. The molecule has 1 N–H and O–H groups in total. The summed E-state index contributed by atoms with van der Waals surface area (Å²) in [6.07, 6.45) is 0.509. The molecule has 2 aromatic carbocycles. The number of rotatable bonds is 5. The van der Waals surface area contributed by atoms with Crippen LogP contribution in [0.1, 0.15) is 38.7 Å². The third kappa shape index (κ3) is 4.20. The number of anilines is 2. The van der Waals surface area contributed by atoms with Crippen molar-refractivity contribution in [3.8, 4) is 5.75 Å². The number of benzene rings is 2. The predicted octanol–water partition coefficient (Wildman–Crippen LogP) is 4.77. The van der Waals surface area contributed by atoms with Crippen LogP contribution in [0.15, 0.2) is 41.9 Å². The van der Waals surface area contributed by atoms with Gasteiger partial charge < -0.3 is 15.0 Å². The zero-order valence-corrected chi connectivity index (χ0v) is 19.6. The van der Waals surface area contributed by atoms with Gasteiger partial charge in [0.1, 0.15) is 5.75 Å². The van der Waals surface area contributed by atoms with Crippen molar-refractivity contribution in [2.24, 2.45) is 0 Å². The number of nitrogens with one attached hydrogen (secondary N) is 1. The summed E-state index contributed by atoms with van der Waals surface area (Å²) in [7, 11) is 1.93. The van der Waals surface area contributed by atoms with Crippen LogP contribution < -0.4 is 19.9 Å². The second-order valence-corrected chi connectivity index (χ2v) is 9.00. The summed E-state index contributed by atoms with van der Waals surface area (Å²) in [5, 5.41) is 3.24. The first-order valence-corrected chi connectivity index (χ1v) is 11.7. The molecule has 32 heavy (non-hydrogen) atoms. The third-order valence-electron chi connectivity index (χ3n) is 5.92. The Morgan fingerprint density at radius 1 is 1.25 bits per heavy atom. The normalized spacial score (nSPS) is 16.7. The van der Waals surface area contributed by atoms with Gasteiger partial charge in [-0.1, -0.05) is 13.0 Å².